The highest BCUT2D eigenvalue weighted by Gasteiger charge is 2.22. The van der Waals surface area contributed by atoms with E-state index in [9.17, 15) is 4.39 Å². The summed E-state index contributed by atoms with van der Waals surface area (Å²) >= 11 is 7.59. The highest BCUT2D eigenvalue weighted by Crippen LogP contribution is 2.35. The molecule has 21 heavy (non-hydrogen) atoms. The number of aromatic nitrogens is 1. The van der Waals surface area contributed by atoms with Crippen LogP contribution in [0.4, 0.5) is 4.39 Å². The van der Waals surface area contributed by atoms with Gasteiger partial charge in [0.15, 0.2) is 0 Å². The van der Waals surface area contributed by atoms with E-state index in [1.54, 1.807) is 19.2 Å². The Morgan fingerprint density at radius 1 is 1.48 bits per heavy atom. The van der Waals surface area contributed by atoms with E-state index in [2.05, 4.69) is 10.3 Å². The second kappa shape index (κ2) is 6.40. The minimum absolute atomic E-state index is 0.345. The van der Waals surface area contributed by atoms with Gasteiger partial charge in [0.1, 0.15) is 10.8 Å². The second-order valence-corrected chi connectivity index (χ2v) is 6.56. The molecule has 0 unspecified atom stereocenters. The van der Waals surface area contributed by atoms with Crippen molar-refractivity contribution in [3.05, 3.63) is 39.6 Å². The number of methoxy groups -OCH3 is 1. The Morgan fingerprint density at radius 3 is 2.95 bits per heavy atom. The first kappa shape index (κ1) is 14.9. The normalized spacial score (nSPS) is 14.6. The molecule has 0 saturated heterocycles. The predicted molar refractivity (Wildman–Crippen MR) is 83.1 cm³/mol. The first-order valence-electron chi connectivity index (χ1n) is 6.84. The standard InChI is InChI=1S/C15H16ClFN2OS/c1-20-8-12-13(7-18-9-5-6-9)21-15(19-12)14-10(16)3-2-4-11(14)17/h2-4,9,18H,5-8H2,1H3. The van der Waals surface area contributed by atoms with Crippen LogP contribution in [-0.2, 0) is 17.9 Å². The van der Waals surface area contributed by atoms with Crippen LogP contribution in [0.5, 0.6) is 0 Å². The largest absolute Gasteiger partial charge is 0.378 e. The Balaban J connectivity index is 1.92. The zero-order valence-electron chi connectivity index (χ0n) is 11.7. The molecule has 1 aliphatic rings. The topological polar surface area (TPSA) is 34.1 Å². The summed E-state index contributed by atoms with van der Waals surface area (Å²) in [6, 6.07) is 5.30. The molecular weight excluding hydrogens is 311 g/mol. The van der Waals surface area contributed by atoms with Crippen molar-refractivity contribution < 1.29 is 9.13 Å². The summed E-state index contributed by atoms with van der Waals surface area (Å²) in [6.45, 7) is 1.16. The number of ether oxygens (including phenoxy) is 1. The molecule has 1 aromatic heterocycles. The molecule has 2 aromatic rings. The molecule has 112 valence electrons. The fraction of sp³-hybridized carbons (Fsp3) is 0.400. The molecule has 0 bridgehead atoms. The van der Waals surface area contributed by atoms with Gasteiger partial charge in [0.05, 0.1) is 22.9 Å². The van der Waals surface area contributed by atoms with Crippen molar-refractivity contribution in [3.63, 3.8) is 0 Å². The van der Waals surface area contributed by atoms with Gasteiger partial charge in [-0.15, -0.1) is 11.3 Å². The number of nitrogens with one attached hydrogen (secondary N) is 1. The highest BCUT2D eigenvalue weighted by atomic mass is 35.5. The quantitative estimate of drug-likeness (QED) is 0.871. The molecule has 3 nitrogen and oxygen atoms in total. The van der Waals surface area contributed by atoms with E-state index in [0.29, 0.717) is 28.2 Å². The molecule has 0 spiro atoms. The molecule has 1 aliphatic carbocycles. The number of hydrogen-bond acceptors (Lipinski definition) is 4. The average molecular weight is 327 g/mol. The van der Waals surface area contributed by atoms with Crippen molar-refractivity contribution in [2.24, 2.45) is 0 Å². The van der Waals surface area contributed by atoms with Crippen LogP contribution in [0.15, 0.2) is 18.2 Å². The SMILES string of the molecule is COCc1nc(-c2c(F)cccc2Cl)sc1CNC1CC1. The average Bonchev–Trinajstić information content (AvgIpc) is 3.19. The van der Waals surface area contributed by atoms with Crippen molar-refractivity contribution in [3.8, 4) is 10.6 Å². The number of hydrogen-bond donors (Lipinski definition) is 1. The minimum atomic E-state index is -0.345. The molecule has 0 radical (unpaired) electrons. The Labute approximate surface area is 132 Å². The molecule has 1 heterocycles. The minimum Gasteiger partial charge on any atom is -0.378 e. The lowest BCUT2D eigenvalue weighted by Gasteiger charge is -2.02. The van der Waals surface area contributed by atoms with Gasteiger partial charge in [-0.2, -0.15) is 0 Å². The molecule has 0 amide bonds. The summed E-state index contributed by atoms with van der Waals surface area (Å²) in [5.41, 5.74) is 1.23. The van der Waals surface area contributed by atoms with Gasteiger partial charge >= 0.3 is 0 Å². The van der Waals surface area contributed by atoms with Gasteiger partial charge in [-0.25, -0.2) is 9.37 Å². The molecule has 1 aromatic carbocycles. The zero-order chi connectivity index (χ0) is 14.8. The van der Waals surface area contributed by atoms with E-state index >= 15 is 0 Å². The Morgan fingerprint density at radius 2 is 2.29 bits per heavy atom. The smallest absolute Gasteiger partial charge is 0.134 e. The van der Waals surface area contributed by atoms with E-state index in [4.69, 9.17) is 16.3 Å². The van der Waals surface area contributed by atoms with Crippen LogP contribution >= 0.6 is 22.9 Å². The van der Waals surface area contributed by atoms with Gasteiger partial charge in [-0.3, -0.25) is 0 Å². The summed E-state index contributed by atoms with van der Waals surface area (Å²) in [7, 11) is 1.63. The van der Waals surface area contributed by atoms with E-state index in [1.807, 2.05) is 0 Å². The Kier molecular flexibility index (Phi) is 4.54. The summed E-state index contributed by atoms with van der Waals surface area (Å²) in [5, 5.41) is 4.45. The Bertz CT molecular complexity index is 622. The number of benzene rings is 1. The summed E-state index contributed by atoms with van der Waals surface area (Å²) in [6.07, 6.45) is 2.45. The van der Waals surface area contributed by atoms with Crippen LogP contribution in [-0.4, -0.2) is 18.1 Å². The summed E-state index contributed by atoms with van der Waals surface area (Å²) < 4.78 is 19.2. The lowest BCUT2D eigenvalue weighted by Crippen LogP contribution is -2.15. The second-order valence-electron chi connectivity index (χ2n) is 5.07. The van der Waals surface area contributed by atoms with Gasteiger partial charge < -0.3 is 10.1 Å². The third-order valence-corrected chi connectivity index (χ3v) is 4.79. The zero-order valence-corrected chi connectivity index (χ0v) is 13.2. The molecule has 1 saturated carbocycles. The number of halogens is 2. The van der Waals surface area contributed by atoms with E-state index < -0.39 is 0 Å². The highest BCUT2D eigenvalue weighted by molar-refractivity contribution is 7.15. The van der Waals surface area contributed by atoms with E-state index in [0.717, 1.165) is 17.1 Å². The maximum Gasteiger partial charge on any atom is 0.134 e. The van der Waals surface area contributed by atoms with Gasteiger partial charge in [-0.05, 0) is 25.0 Å². The fourth-order valence-electron chi connectivity index (χ4n) is 2.10. The van der Waals surface area contributed by atoms with Crippen molar-refractivity contribution >= 4 is 22.9 Å². The molecule has 0 atom stereocenters. The summed E-state index contributed by atoms with van der Waals surface area (Å²) in [4.78, 5) is 5.60. The van der Waals surface area contributed by atoms with E-state index in [-0.39, 0.29) is 5.82 Å². The van der Waals surface area contributed by atoms with Crippen LogP contribution in [0.3, 0.4) is 0 Å². The molecule has 6 heteroatoms. The van der Waals surface area contributed by atoms with Gasteiger partial charge in [0.25, 0.3) is 0 Å². The lowest BCUT2D eigenvalue weighted by atomic mass is 10.2. The molecule has 1 N–H and O–H groups in total. The maximum absolute atomic E-state index is 14.0. The van der Waals surface area contributed by atoms with Crippen molar-refractivity contribution in [1.29, 1.82) is 0 Å². The molecular formula is C15H16ClFN2OS. The third-order valence-electron chi connectivity index (χ3n) is 3.36. The van der Waals surface area contributed by atoms with Crippen LogP contribution < -0.4 is 5.32 Å². The van der Waals surface area contributed by atoms with Gasteiger partial charge in [-0.1, -0.05) is 17.7 Å². The van der Waals surface area contributed by atoms with Crippen molar-refractivity contribution in [2.45, 2.75) is 32.0 Å². The first-order valence-corrected chi connectivity index (χ1v) is 8.03. The van der Waals surface area contributed by atoms with Crippen LogP contribution in [0, 0.1) is 5.82 Å². The molecule has 0 aliphatic heterocycles. The van der Waals surface area contributed by atoms with Crippen LogP contribution in [0.25, 0.3) is 10.6 Å². The first-order chi connectivity index (χ1) is 10.2. The van der Waals surface area contributed by atoms with Crippen LogP contribution in [0.2, 0.25) is 5.02 Å². The van der Waals surface area contributed by atoms with Gasteiger partial charge in [0, 0.05) is 24.6 Å². The van der Waals surface area contributed by atoms with Gasteiger partial charge in [0.2, 0.25) is 0 Å². The molecule has 3 rings (SSSR count). The van der Waals surface area contributed by atoms with E-state index in [1.165, 1.54) is 30.2 Å². The number of rotatable bonds is 6. The lowest BCUT2D eigenvalue weighted by molar-refractivity contribution is 0.181. The maximum atomic E-state index is 14.0. The van der Waals surface area contributed by atoms with Crippen molar-refractivity contribution in [1.82, 2.24) is 10.3 Å². The van der Waals surface area contributed by atoms with Crippen molar-refractivity contribution in [2.75, 3.05) is 7.11 Å². The number of nitrogens with zero attached hydrogens (tertiary/aromatic N) is 1. The monoisotopic (exact) mass is 326 g/mol. The Hall–Kier alpha value is -1.01. The van der Waals surface area contributed by atoms with Crippen LogP contribution in [0.1, 0.15) is 23.4 Å². The molecule has 1 fully saturated rings. The third kappa shape index (κ3) is 3.43. The fourth-order valence-corrected chi connectivity index (χ4v) is 3.49. The number of thiazole rings is 1. The predicted octanol–water partition coefficient (Wildman–Crippen LogP) is 4.00. The summed E-state index contributed by atoms with van der Waals surface area (Å²) in [5.74, 6) is -0.345.